The van der Waals surface area contributed by atoms with Gasteiger partial charge in [-0.25, -0.2) is 13.2 Å². The molecule has 1 rings (SSSR count). The van der Waals surface area contributed by atoms with Crippen LogP contribution in [0.2, 0.25) is 0 Å². The molecule has 2 N–H and O–H groups in total. The molecule has 0 saturated heterocycles. The standard InChI is InChI=1S/C12H14F3NO2/c13-10-4-1-9(2-5-10)3-6-11(18)16-7-12(14,15)8-17/h1-2,4-5,17H,3,6-8H2,(H,16,18). The van der Waals surface area contributed by atoms with E-state index in [9.17, 15) is 18.0 Å². The topological polar surface area (TPSA) is 49.3 Å². The van der Waals surface area contributed by atoms with Gasteiger partial charge in [0.25, 0.3) is 5.92 Å². The third kappa shape index (κ3) is 5.18. The Labute approximate surface area is 103 Å². The van der Waals surface area contributed by atoms with Gasteiger partial charge in [-0.15, -0.1) is 0 Å². The second-order valence-electron chi connectivity index (χ2n) is 3.92. The summed E-state index contributed by atoms with van der Waals surface area (Å²) < 4.78 is 37.8. The van der Waals surface area contributed by atoms with Gasteiger partial charge < -0.3 is 10.4 Å². The van der Waals surface area contributed by atoms with Gasteiger partial charge in [0.2, 0.25) is 5.91 Å². The highest BCUT2D eigenvalue weighted by molar-refractivity contribution is 5.76. The van der Waals surface area contributed by atoms with Crippen LogP contribution in [0.1, 0.15) is 12.0 Å². The summed E-state index contributed by atoms with van der Waals surface area (Å²) in [6.07, 6.45) is 0.379. The monoisotopic (exact) mass is 261 g/mol. The van der Waals surface area contributed by atoms with Crippen LogP contribution in [0, 0.1) is 5.82 Å². The zero-order chi connectivity index (χ0) is 13.6. The molecule has 100 valence electrons. The van der Waals surface area contributed by atoms with Crippen molar-refractivity contribution in [2.24, 2.45) is 0 Å². The highest BCUT2D eigenvalue weighted by Crippen LogP contribution is 2.10. The van der Waals surface area contributed by atoms with Crippen molar-refractivity contribution in [3.05, 3.63) is 35.6 Å². The Morgan fingerprint density at radius 3 is 2.44 bits per heavy atom. The summed E-state index contributed by atoms with van der Waals surface area (Å²) in [5.41, 5.74) is 0.750. The van der Waals surface area contributed by atoms with E-state index in [-0.39, 0.29) is 12.2 Å². The molecule has 0 radical (unpaired) electrons. The predicted molar refractivity (Wildman–Crippen MR) is 59.8 cm³/mol. The number of hydrogen-bond acceptors (Lipinski definition) is 2. The zero-order valence-electron chi connectivity index (χ0n) is 9.63. The number of aryl methyl sites for hydroxylation is 1. The number of hydrogen-bond donors (Lipinski definition) is 2. The Morgan fingerprint density at radius 2 is 1.89 bits per heavy atom. The predicted octanol–water partition coefficient (Wildman–Crippen LogP) is 1.50. The summed E-state index contributed by atoms with van der Waals surface area (Å²) >= 11 is 0. The first kappa shape index (κ1) is 14.5. The number of alkyl halides is 2. The Bertz CT molecular complexity index is 393. The Balaban J connectivity index is 2.31. The molecule has 18 heavy (non-hydrogen) atoms. The molecule has 0 unspecified atom stereocenters. The second kappa shape index (κ2) is 6.39. The summed E-state index contributed by atoms with van der Waals surface area (Å²) in [7, 11) is 0. The fraction of sp³-hybridized carbons (Fsp3) is 0.417. The fourth-order valence-electron chi connectivity index (χ4n) is 1.28. The molecule has 0 aromatic heterocycles. The molecule has 0 saturated carbocycles. The molecule has 6 heteroatoms. The van der Waals surface area contributed by atoms with Crippen molar-refractivity contribution in [2.75, 3.05) is 13.2 Å². The minimum Gasteiger partial charge on any atom is -0.390 e. The molecule has 0 aliphatic carbocycles. The van der Waals surface area contributed by atoms with Gasteiger partial charge in [0.15, 0.2) is 0 Å². The van der Waals surface area contributed by atoms with E-state index in [0.717, 1.165) is 5.56 Å². The van der Waals surface area contributed by atoms with Gasteiger partial charge in [-0.05, 0) is 24.1 Å². The second-order valence-corrected chi connectivity index (χ2v) is 3.92. The van der Waals surface area contributed by atoms with Gasteiger partial charge in [0.1, 0.15) is 12.4 Å². The number of benzene rings is 1. The average molecular weight is 261 g/mol. The van der Waals surface area contributed by atoms with Crippen LogP contribution < -0.4 is 5.32 Å². The molecule has 0 spiro atoms. The van der Waals surface area contributed by atoms with Crippen LogP contribution in [0.5, 0.6) is 0 Å². The van der Waals surface area contributed by atoms with E-state index in [1.165, 1.54) is 24.3 Å². The van der Waals surface area contributed by atoms with Crippen LogP contribution in [-0.2, 0) is 11.2 Å². The van der Waals surface area contributed by atoms with Crippen LogP contribution in [0.3, 0.4) is 0 Å². The van der Waals surface area contributed by atoms with E-state index in [4.69, 9.17) is 5.11 Å². The summed E-state index contributed by atoms with van der Waals surface area (Å²) in [5.74, 6) is -4.20. The van der Waals surface area contributed by atoms with Gasteiger partial charge in [-0.1, -0.05) is 12.1 Å². The molecule has 0 aliphatic rings. The number of carbonyl (C=O) groups excluding carboxylic acids is 1. The largest absolute Gasteiger partial charge is 0.390 e. The third-order valence-electron chi connectivity index (χ3n) is 2.33. The molecular weight excluding hydrogens is 247 g/mol. The van der Waals surface area contributed by atoms with E-state index < -0.39 is 25.0 Å². The van der Waals surface area contributed by atoms with Crippen LogP contribution in [-0.4, -0.2) is 30.1 Å². The highest BCUT2D eigenvalue weighted by Gasteiger charge is 2.27. The van der Waals surface area contributed by atoms with Crippen LogP contribution in [0.15, 0.2) is 24.3 Å². The van der Waals surface area contributed by atoms with Crippen molar-refractivity contribution < 1.29 is 23.1 Å². The molecule has 0 aliphatic heterocycles. The molecule has 1 aromatic rings. The van der Waals surface area contributed by atoms with E-state index in [2.05, 4.69) is 0 Å². The van der Waals surface area contributed by atoms with Crippen molar-refractivity contribution in [3.63, 3.8) is 0 Å². The Hall–Kier alpha value is -1.56. The first-order valence-electron chi connectivity index (χ1n) is 5.43. The SMILES string of the molecule is O=C(CCc1ccc(F)cc1)NCC(F)(F)CO. The lowest BCUT2D eigenvalue weighted by molar-refractivity contribution is -0.124. The molecule has 0 atom stereocenters. The van der Waals surface area contributed by atoms with Crippen molar-refractivity contribution in [2.45, 2.75) is 18.8 Å². The number of carbonyl (C=O) groups is 1. The smallest absolute Gasteiger partial charge is 0.287 e. The highest BCUT2D eigenvalue weighted by atomic mass is 19.3. The minimum atomic E-state index is -3.30. The Morgan fingerprint density at radius 1 is 1.28 bits per heavy atom. The van der Waals surface area contributed by atoms with Gasteiger partial charge in [-0.3, -0.25) is 4.79 Å². The molecule has 3 nitrogen and oxygen atoms in total. The van der Waals surface area contributed by atoms with Crippen molar-refractivity contribution in [1.29, 1.82) is 0 Å². The molecule has 1 aromatic carbocycles. The number of aliphatic hydroxyl groups excluding tert-OH is 1. The maximum atomic E-state index is 12.6. The van der Waals surface area contributed by atoms with Crippen LogP contribution >= 0.6 is 0 Å². The first-order chi connectivity index (χ1) is 8.43. The van der Waals surface area contributed by atoms with Gasteiger partial charge in [0, 0.05) is 6.42 Å². The average Bonchev–Trinajstić information content (AvgIpc) is 2.36. The first-order valence-corrected chi connectivity index (χ1v) is 5.43. The van der Waals surface area contributed by atoms with E-state index in [1.807, 2.05) is 5.32 Å². The Kier molecular flexibility index (Phi) is 5.15. The van der Waals surface area contributed by atoms with Crippen LogP contribution in [0.25, 0.3) is 0 Å². The maximum absolute atomic E-state index is 12.6. The normalized spacial score (nSPS) is 11.3. The molecule has 0 bridgehead atoms. The molecule has 0 heterocycles. The van der Waals surface area contributed by atoms with Gasteiger partial charge in [0.05, 0.1) is 6.54 Å². The summed E-state index contributed by atoms with van der Waals surface area (Å²) in [6.45, 7) is -2.18. The molecule has 1 amide bonds. The fourth-order valence-corrected chi connectivity index (χ4v) is 1.28. The summed E-state index contributed by atoms with van der Waals surface area (Å²) in [6, 6.07) is 5.61. The maximum Gasteiger partial charge on any atom is 0.287 e. The van der Waals surface area contributed by atoms with E-state index >= 15 is 0 Å². The number of aliphatic hydroxyl groups is 1. The van der Waals surface area contributed by atoms with E-state index in [1.54, 1.807) is 0 Å². The lowest BCUT2D eigenvalue weighted by Gasteiger charge is -2.13. The molecule has 0 fully saturated rings. The number of amides is 1. The van der Waals surface area contributed by atoms with Crippen molar-refractivity contribution in [3.8, 4) is 0 Å². The quantitative estimate of drug-likeness (QED) is 0.815. The molecular formula is C12H14F3NO2. The summed E-state index contributed by atoms with van der Waals surface area (Å²) in [4.78, 5) is 11.2. The van der Waals surface area contributed by atoms with E-state index in [0.29, 0.717) is 6.42 Å². The van der Waals surface area contributed by atoms with Crippen molar-refractivity contribution in [1.82, 2.24) is 5.32 Å². The van der Waals surface area contributed by atoms with Gasteiger partial charge in [-0.2, -0.15) is 0 Å². The number of halogens is 3. The minimum absolute atomic E-state index is 0.0349. The summed E-state index contributed by atoms with van der Waals surface area (Å²) in [5, 5.41) is 10.3. The zero-order valence-corrected chi connectivity index (χ0v) is 9.63. The third-order valence-corrected chi connectivity index (χ3v) is 2.33. The van der Waals surface area contributed by atoms with Crippen molar-refractivity contribution >= 4 is 5.91 Å². The lowest BCUT2D eigenvalue weighted by Crippen LogP contribution is -2.39. The number of rotatable bonds is 6. The lowest BCUT2D eigenvalue weighted by atomic mass is 10.1. The van der Waals surface area contributed by atoms with Crippen LogP contribution in [0.4, 0.5) is 13.2 Å². The number of nitrogens with one attached hydrogen (secondary N) is 1. The van der Waals surface area contributed by atoms with Gasteiger partial charge >= 0.3 is 0 Å².